The maximum Gasteiger partial charge on any atom is 0.315 e. The number of nitrogens with zero attached hydrogens (tertiary/aromatic N) is 1. The minimum Gasteiger partial charge on any atom is -0.462 e. The largest absolute Gasteiger partial charge is 0.462 e. The first kappa shape index (κ1) is 21.6. The standard InChI is InChI=1S/C24H27Cl2NO3/c1-13-20(23(29)30-15-6-4-5-7-15)21(14-8-9-16(25)17(26)10-14)22-18(27-13)11-24(2,3)12-19(22)28/h8-10,15,20-21H,4-7,11-12H2,1-3H3/t20?,21-/m1/s1. The van der Waals surface area contributed by atoms with E-state index >= 15 is 0 Å². The summed E-state index contributed by atoms with van der Waals surface area (Å²) in [5, 5.41) is 0.847. The van der Waals surface area contributed by atoms with E-state index < -0.39 is 11.8 Å². The number of esters is 1. The number of carbonyl (C=O) groups excluding carboxylic acids is 2. The third-order valence-corrected chi connectivity index (χ3v) is 7.18. The molecule has 0 amide bonds. The van der Waals surface area contributed by atoms with E-state index in [-0.39, 0.29) is 23.3 Å². The fraction of sp³-hybridized carbons (Fsp3) is 0.542. The first-order valence-electron chi connectivity index (χ1n) is 10.6. The van der Waals surface area contributed by atoms with Crippen LogP contribution >= 0.6 is 23.2 Å². The lowest BCUT2D eigenvalue weighted by Gasteiger charge is -2.39. The molecule has 1 unspecified atom stereocenters. The van der Waals surface area contributed by atoms with Crippen LogP contribution in [0.25, 0.3) is 0 Å². The summed E-state index contributed by atoms with van der Waals surface area (Å²) >= 11 is 12.4. The van der Waals surface area contributed by atoms with Crippen LogP contribution in [-0.4, -0.2) is 23.6 Å². The van der Waals surface area contributed by atoms with Crippen molar-refractivity contribution in [3.05, 3.63) is 45.1 Å². The van der Waals surface area contributed by atoms with E-state index in [0.29, 0.717) is 34.2 Å². The van der Waals surface area contributed by atoms with E-state index in [4.69, 9.17) is 32.9 Å². The van der Waals surface area contributed by atoms with Gasteiger partial charge in [-0.3, -0.25) is 14.6 Å². The summed E-state index contributed by atoms with van der Waals surface area (Å²) in [5.74, 6) is -1.34. The van der Waals surface area contributed by atoms with Crippen LogP contribution in [0.2, 0.25) is 10.0 Å². The summed E-state index contributed by atoms with van der Waals surface area (Å²) in [7, 11) is 0. The van der Waals surface area contributed by atoms with Crippen LogP contribution in [0, 0.1) is 11.3 Å². The normalized spacial score (nSPS) is 26.4. The topological polar surface area (TPSA) is 55.7 Å². The van der Waals surface area contributed by atoms with Crippen molar-refractivity contribution in [3.8, 4) is 0 Å². The molecule has 2 atom stereocenters. The van der Waals surface area contributed by atoms with Crippen LogP contribution in [0.4, 0.5) is 0 Å². The molecule has 1 fully saturated rings. The number of allylic oxidation sites excluding steroid dienone is 2. The molecule has 0 radical (unpaired) electrons. The monoisotopic (exact) mass is 447 g/mol. The quantitative estimate of drug-likeness (QED) is 0.510. The van der Waals surface area contributed by atoms with Gasteiger partial charge in [0.2, 0.25) is 0 Å². The van der Waals surface area contributed by atoms with Gasteiger partial charge in [0, 0.05) is 29.3 Å². The van der Waals surface area contributed by atoms with Crippen molar-refractivity contribution in [2.24, 2.45) is 16.3 Å². The number of ketones is 1. The number of hydrogen-bond acceptors (Lipinski definition) is 4. The summed E-state index contributed by atoms with van der Waals surface area (Å²) in [6.07, 6.45) is 5.04. The highest BCUT2D eigenvalue weighted by molar-refractivity contribution is 6.42. The molecule has 30 heavy (non-hydrogen) atoms. The van der Waals surface area contributed by atoms with E-state index in [2.05, 4.69) is 13.8 Å². The maximum absolute atomic E-state index is 13.3. The second-order valence-electron chi connectivity index (χ2n) is 9.53. The Labute approximate surface area is 187 Å². The zero-order valence-corrected chi connectivity index (χ0v) is 19.1. The Morgan fingerprint density at radius 3 is 2.50 bits per heavy atom. The first-order valence-corrected chi connectivity index (χ1v) is 11.4. The van der Waals surface area contributed by atoms with Crippen molar-refractivity contribution in [2.45, 2.75) is 71.3 Å². The number of rotatable bonds is 3. The van der Waals surface area contributed by atoms with Crippen molar-refractivity contribution in [1.29, 1.82) is 0 Å². The van der Waals surface area contributed by atoms with E-state index in [1.54, 1.807) is 12.1 Å². The van der Waals surface area contributed by atoms with Crippen LogP contribution < -0.4 is 0 Å². The third kappa shape index (κ3) is 4.09. The van der Waals surface area contributed by atoms with Gasteiger partial charge in [0.05, 0.1) is 10.0 Å². The summed E-state index contributed by atoms with van der Waals surface area (Å²) in [6.45, 7) is 6.02. The van der Waals surface area contributed by atoms with Crippen LogP contribution in [0.5, 0.6) is 0 Å². The minimum absolute atomic E-state index is 0.0453. The molecule has 6 heteroatoms. The number of benzene rings is 1. The average Bonchev–Trinajstić information content (AvgIpc) is 3.14. The maximum atomic E-state index is 13.3. The Balaban J connectivity index is 1.79. The van der Waals surface area contributed by atoms with Gasteiger partial charge in [-0.15, -0.1) is 0 Å². The van der Waals surface area contributed by atoms with Gasteiger partial charge in [0.15, 0.2) is 5.78 Å². The lowest BCUT2D eigenvalue weighted by Crippen LogP contribution is -2.40. The predicted octanol–water partition coefficient (Wildman–Crippen LogP) is 6.30. The van der Waals surface area contributed by atoms with Crippen molar-refractivity contribution in [3.63, 3.8) is 0 Å². The zero-order valence-electron chi connectivity index (χ0n) is 17.6. The molecule has 0 saturated heterocycles. The molecular formula is C24H27Cl2NO3. The minimum atomic E-state index is -0.633. The van der Waals surface area contributed by atoms with Crippen LogP contribution in [0.1, 0.15) is 70.8 Å². The van der Waals surface area contributed by atoms with E-state index in [1.165, 1.54) is 0 Å². The summed E-state index contributed by atoms with van der Waals surface area (Å²) < 4.78 is 5.87. The number of Topliss-reactive ketones (excluding diaryl/α,β-unsaturated/α-hetero) is 1. The Morgan fingerprint density at radius 1 is 1.13 bits per heavy atom. The first-order chi connectivity index (χ1) is 14.2. The number of carbonyl (C=O) groups is 2. The fourth-order valence-electron chi connectivity index (χ4n) is 5.06. The third-order valence-electron chi connectivity index (χ3n) is 6.44. The smallest absolute Gasteiger partial charge is 0.315 e. The Morgan fingerprint density at radius 2 is 1.83 bits per heavy atom. The molecule has 1 saturated carbocycles. The molecule has 3 aliphatic rings. The SMILES string of the molecule is CC1=NC2=C(C(=O)CC(C)(C)C2)[C@H](c2ccc(Cl)c(Cl)c2)C1C(=O)OC1CCCC1. The van der Waals surface area contributed by atoms with Crippen molar-refractivity contribution < 1.29 is 14.3 Å². The van der Waals surface area contributed by atoms with Gasteiger partial charge in [0.1, 0.15) is 12.0 Å². The predicted molar refractivity (Wildman–Crippen MR) is 119 cm³/mol. The Bertz CT molecular complexity index is 957. The molecule has 0 spiro atoms. The molecular weight excluding hydrogens is 421 g/mol. The average molecular weight is 448 g/mol. The van der Waals surface area contributed by atoms with Gasteiger partial charge in [-0.2, -0.15) is 0 Å². The Hall–Kier alpha value is -1.65. The van der Waals surface area contributed by atoms with Gasteiger partial charge in [0.25, 0.3) is 0 Å². The second kappa shape index (κ2) is 8.12. The molecule has 1 aromatic carbocycles. The van der Waals surface area contributed by atoms with E-state index in [9.17, 15) is 9.59 Å². The number of aliphatic imine (C=N–C) groups is 1. The highest BCUT2D eigenvalue weighted by Gasteiger charge is 2.46. The second-order valence-corrected chi connectivity index (χ2v) is 10.3. The molecule has 0 bridgehead atoms. The van der Waals surface area contributed by atoms with Gasteiger partial charge in [-0.05, 0) is 62.1 Å². The zero-order chi connectivity index (χ0) is 21.6. The van der Waals surface area contributed by atoms with Gasteiger partial charge < -0.3 is 4.74 Å². The molecule has 1 aromatic rings. The van der Waals surface area contributed by atoms with Crippen molar-refractivity contribution >= 4 is 40.7 Å². The number of ether oxygens (including phenoxy) is 1. The molecule has 2 aliphatic carbocycles. The molecule has 4 nitrogen and oxygen atoms in total. The highest BCUT2D eigenvalue weighted by Crippen LogP contribution is 2.48. The summed E-state index contributed by atoms with van der Waals surface area (Å²) in [4.78, 5) is 31.3. The summed E-state index contributed by atoms with van der Waals surface area (Å²) in [5.41, 5.74) is 2.76. The molecule has 0 aromatic heterocycles. The molecule has 160 valence electrons. The van der Waals surface area contributed by atoms with Gasteiger partial charge in [-0.25, -0.2) is 0 Å². The van der Waals surface area contributed by atoms with E-state index in [0.717, 1.165) is 36.9 Å². The number of halogens is 2. The van der Waals surface area contributed by atoms with Crippen LogP contribution in [0.3, 0.4) is 0 Å². The van der Waals surface area contributed by atoms with Crippen molar-refractivity contribution in [1.82, 2.24) is 0 Å². The van der Waals surface area contributed by atoms with Crippen molar-refractivity contribution in [2.75, 3.05) is 0 Å². The molecule has 1 heterocycles. The summed E-state index contributed by atoms with van der Waals surface area (Å²) in [6, 6.07) is 5.34. The lowest BCUT2D eigenvalue weighted by atomic mass is 9.67. The van der Waals surface area contributed by atoms with Crippen LogP contribution in [0.15, 0.2) is 34.5 Å². The lowest BCUT2D eigenvalue weighted by molar-refractivity contribution is -0.151. The van der Waals surface area contributed by atoms with E-state index in [1.807, 2.05) is 13.0 Å². The van der Waals surface area contributed by atoms with Crippen LogP contribution in [-0.2, 0) is 14.3 Å². The fourth-order valence-corrected chi connectivity index (χ4v) is 5.37. The molecule has 4 rings (SSSR count). The Kier molecular flexibility index (Phi) is 5.84. The molecule has 0 N–H and O–H groups in total. The van der Waals surface area contributed by atoms with Gasteiger partial charge >= 0.3 is 5.97 Å². The molecule has 1 aliphatic heterocycles. The highest BCUT2D eigenvalue weighted by atomic mass is 35.5. The van der Waals surface area contributed by atoms with Gasteiger partial charge in [-0.1, -0.05) is 43.1 Å². The number of hydrogen-bond donors (Lipinski definition) is 0.